The molecule has 0 saturated carbocycles. The summed E-state index contributed by atoms with van der Waals surface area (Å²) in [5, 5.41) is 0. The van der Waals surface area contributed by atoms with Crippen molar-refractivity contribution in [3.05, 3.63) is 146 Å². The molecule has 73 heavy (non-hydrogen) atoms. The SMILES string of the molecule is CC/C=C\C/C=C\C/C=C\C/C=C\C/C=C\C/C=C\C/C=C\CCCCCCCC(=O)OCC(COC(=O)CCCCCCCCCCCCC)OC(=O)CCC/C=C\C/C=C\C/C=C\C/C=C\C/C=C\CC. The van der Waals surface area contributed by atoms with E-state index in [-0.39, 0.29) is 37.5 Å². The minimum absolute atomic E-state index is 0.111. The number of rotatable bonds is 51. The van der Waals surface area contributed by atoms with Gasteiger partial charge in [0.25, 0.3) is 0 Å². The minimum atomic E-state index is -0.820. The van der Waals surface area contributed by atoms with Crippen molar-refractivity contribution < 1.29 is 28.6 Å². The monoisotopic (exact) mass is 1010 g/mol. The average Bonchev–Trinajstić information content (AvgIpc) is 3.39. The van der Waals surface area contributed by atoms with Crippen LogP contribution in [0.15, 0.2) is 146 Å². The van der Waals surface area contributed by atoms with E-state index in [0.717, 1.165) is 141 Å². The van der Waals surface area contributed by atoms with Crippen molar-refractivity contribution >= 4 is 17.9 Å². The summed E-state index contributed by atoms with van der Waals surface area (Å²) in [4.78, 5) is 38.1. The Kier molecular flexibility index (Phi) is 56.0. The molecule has 0 amide bonds. The summed E-state index contributed by atoms with van der Waals surface area (Å²) in [7, 11) is 0. The van der Waals surface area contributed by atoms with E-state index in [2.05, 4.69) is 167 Å². The average molecular weight is 1010 g/mol. The zero-order valence-electron chi connectivity index (χ0n) is 46.8. The lowest BCUT2D eigenvalue weighted by molar-refractivity contribution is -0.167. The second-order valence-corrected chi connectivity index (χ2v) is 18.8. The summed E-state index contributed by atoms with van der Waals surface area (Å²) in [6.45, 7) is 6.33. The summed E-state index contributed by atoms with van der Waals surface area (Å²) in [6, 6.07) is 0. The Bertz CT molecular complexity index is 1630. The summed E-state index contributed by atoms with van der Waals surface area (Å²) in [6.07, 6.45) is 85.6. The van der Waals surface area contributed by atoms with Gasteiger partial charge in [0.2, 0.25) is 0 Å². The van der Waals surface area contributed by atoms with E-state index in [0.29, 0.717) is 19.3 Å². The van der Waals surface area contributed by atoms with Gasteiger partial charge in [-0.1, -0.05) is 250 Å². The molecule has 410 valence electrons. The molecule has 0 spiro atoms. The van der Waals surface area contributed by atoms with E-state index in [1.54, 1.807) is 0 Å². The third-order valence-corrected chi connectivity index (χ3v) is 11.8. The summed E-state index contributed by atoms with van der Waals surface area (Å²) in [5.74, 6) is -0.996. The van der Waals surface area contributed by atoms with Gasteiger partial charge in [0.05, 0.1) is 0 Å². The maximum atomic E-state index is 12.8. The summed E-state index contributed by atoms with van der Waals surface area (Å²) < 4.78 is 16.8. The molecule has 0 rings (SSSR count). The molecule has 0 saturated heterocycles. The predicted octanol–water partition coefficient (Wildman–Crippen LogP) is 20.0. The fourth-order valence-electron chi connectivity index (χ4n) is 7.52. The number of allylic oxidation sites excluding steroid dienone is 24. The molecule has 0 aromatic heterocycles. The molecule has 1 atom stereocenters. The first-order valence-corrected chi connectivity index (χ1v) is 29.3. The largest absolute Gasteiger partial charge is 0.462 e. The number of hydrogen-bond acceptors (Lipinski definition) is 6. The van der Waals surface area contributed by atoms with Crippen LogP contribution in [0.3, 0.4) is 0 Å². The molecule has 0 aliphatic heterocycles. The van der Waals surface area contributed by atoms with E-state index in [1.165, 1.54) is 51.4 Å². The first kappa shape index (κ1) is 68.3. The van der Waals surface area contributed by atoms with Crippen LogP contribution in [0.5, 0.6) is 0 Å². The first-order chi connectivity index (χ1) is 36.0. The molecule has 6 heteroatoms. The highest BCUT2D eigenvalue weighted by atomic mass is 16.6. The van der Waals surface area contributed by atoms with Crippen LogP contribution in [0.25, 0.3) is 0 Å². The third kappa shape index (κ3) is 58.1. The molecule has 0 aliphatic carbocycles. The second kappa shape index (κ2) is 59.8. The van der Waals surface area contributed by atoms with Gasteiger partial charge < -0.3 is 14.2 Å². The zero-order chi connectivity index (χ0) is 52.9. The number of ether oxygens (including phenoxy) is 3. The highest BCUT2D eigenvalue weighted by Crippen LogP contribution is 2.14. The van der Waals surface area contributed by atoms with Crippen LogP contribution in [-0.4, -0.2) is 37.2 Å². The highest BCUT2D eigenvalue weighted by Gasteiger charge is 2.19. The predicted molar refractivity (Wildman–Crippen MR) is 315 cm³/mol. The molecule has 0 aromatic carbocycles. The highest BCUT2D eigenvalue weighted by molar-refractivity contribution is 5.71. The molecule has 0 radical (unpaired) electrons. The topological polar surface area (TPSA) is 78.9 Å². The number of hydrogen-bond donors (Lipinski definition) is 0. The number of unbranched alkanes of at least 4 members (excludes halogenated alkanes) is 16. The Hall–Kier alpha value is -4.71. The smallest absolute Gasteiger partial charge is 0.306 e. The fraction of sp³-hybridized carbons (Fsp3) is 0.597. The normalized spacial score (nSPS) is 13.2. The molecule has 0 bridgehead atoms. The van der Waals surface area contributed by atoms with Crippen LogP contribution in [0, 0.1) is 0 Å². The summed E-state index contributed by atoms with van der Waals surface area (Å²) >= 11 is 0. The molecule has 0 N–H and O–H groups in total. The lowest BCUT2D eigenvalue weighted by Gasteiger charge is -2.18. The van der Waals surface area contributed by atoms with E-state index in [1.807, 2.05) is 0 Å². The van der Waals surface area contributed by atoms with E-state index < -0.39 is 6.10 Å². The number of carbonyl (C=O) groups is 3. The Morgan fingerprint density at radius 3 is 0.877 bits per heavy atom. The molecule has 0 fully saturated rings. The van der Waals surface area contributed by atoms with Crippen molar-refractivity contribution in [2.75, 3.05) is 13.2 Å². The maximum Gasteiger partial charge on any atom is 0.306 e. The molecular weight excluding hydrogens is 901 g/mol. The van der Waals surface area contributed by atoms with Gasteiger partial charge in [0.15, 0.2) is 6.10 Å². The molecule has 0 aliphatic rings. The van der Waals surface area contributed by atoms with Crippen molar-refractivity contribution in [1.82, 2.24) is 0 Å². The molecular formula is C67H106O6. The van der Waals surface area contributed by atoms with Gasteiger partial charge in [0.1, 0.15) is 13.2 Å². The van der Waals surface area contributed by atoms with Gasteiger partial charge in [-0.05, 0) is 116 Å². The van der Waals surface area contributed by atoms with Crippen LogP contribution in [0.4, 0.5) is 0 Å². The fourth-order valence-corrected chi connectivity index (χ4v) is 7.52. The maximum absolute atomic E-state index is 12.8. The standard InChI is InChI=1S/C67H106O6/c1-4-7-10-13-16-19-22-24-26-28-29-30-31-32-33-34-35-36-37-39-40-42-45-48-51-54-57-60-66(69)72-63-64(62-71-65(68)59-56-53-50-47-44-21-18-15-12-9-6-3)73-67(70)61-58-55-52-49-46-43-41-38-27-25-23-20-17-14-11-8-5-2/h7-8,10-11,16-17,19-20,24-27,29-30,32-33,35-36,39-41,43,49,52,64H,4-6,9,12-15,18,21-23,28,31,34,37-38,42,44-48,50-51,53-63H2,1-3H3/b10-7-,11-8-,19-16-,20-17-,26-24-,27-25-,30-29-,33-32-,36-35-,40-39-,43-41-,52-49-. The van der Waals surface area contributed by atoms with Gasteiger partial charge in [-0.25, -0.2) is 0 Å². The number of carbonyl (C=O) groups excluding carboxylic acids is 3. The van der Waals surface area contributed by atoms with Gasteiger partial charge in [-0.15, -0.1) is 0 Å². The molecule has 0 aromatic rings. The van der Waals surface area contributed by atoms with Crippen LogP contribution >= 0.6 is 0 Å². The van der Waals surface area contributed by atoms with E-state index in [4.69, 9.17) is 14.2 Å². The van der Waals surface area contributed by atoms with Crippen molar-refractivity contribution in [2.24, 2.45) is 0 Å². The van der Waals surface area contributed by atoms with E-state index >= 15 is 0 Å². The van der Waals surface area contributed by atoms with Gasteiger partial charge in [0, 0.05) is 19.3 Å². The van der Waals surface area contributed by atoms with Crippen molar-refractivity contribution in [3.8, 4) is 0 Å². The summed E-state index contributed by atoms with van der Waals surface area (Å²) in [5.41, 5.74) is 0. The Labute approximate surface area is 448 Å². The first-order valence-electron chi connectivity index (χ1n) is 29.3. The molecule has 1 unspecified atom stereocenters. The van der Waals surface area contributed by atoms with Crippen LogP contribution in [-0.2, 0) is 28.6 Å². The zero-order valence-corrected chi connectivity index (χ0v) is 46.8. The Balaban J connectivity index is 4.44. The van der Waals surface area contributed by atoms with Gasteiger partial charge >= 0.3 is 17.9 Å². The van der Waals surface area contributed by atoms with Gasteiger partial charge in [-0.3, -0.25) is 14.4 Å². The molecule has 6 nitrogen and oxygen atoms in total. The van der Waals surface area contributed by atoms with Gasteiger partial charge in [-0.2, -0.15) is 0 Å². The number of esters is 3. The van der Waals surface area contributed by atoms with Crippen LogP contribution < -0.4 is 0 Å². The minimum Gasteiger partial charge on any atom is -0.462 e. The Morgan fingerprint density at radius 1 is 0.288 bits per heavy atom. The van der Waals surface area contributed by atoms with Crippen molar-refractivity contribution in [1.29, 1.82) is 0 Å². The van der Waals surface area contributed by atoms with E-state index in [9.17, 15) is 14.4 Å². The van der Waals surface area contributed by atoms with Crippen molar-refractivity contribution in [2.45, 2.75) is 245 Å². The molecule has 0 heterocycles. The Morgan fingerprint density at radius 2 is 0.548 bits per heavy atom. The second-order valence-electron chi connectivity index (χ2n) is 18.8. The third-order valence-electron chi connectivity index (χ3n) is 11.8. The lowest BCUT2D eigenvalue weighted by Crippen LogP contribution is -2.30. The van der Waals surface area contributed by atoms with Crippen molar-refractivity contribution in [3.63, 3.8) is 0 Å². The van der Waals surface area contributed by atoms with Crippen LogP contribution in [0.2, 0.25) is 0 Å². The lowest BCUT2D eigenvalue weighted by atomic mass is 10.1. The van der Waals surface area contributed by atoms with Crippen LogP contribution in [0.1, 0.15) is 239 Å². The quantitative estimate of drug-likeness (QED) is 0.0261.